The minimum Gasteiger partial charge on any atom is -0.318 e. The van der Waals surface area contributed by atoms with Crippen LogP contribution >= 0.6 is 15.9 Å². The maximum atomic E-state index is 13.3. The number of nitrogens with zero attached hydrogens (tertiary/aromatic N) is 4. The van der Waals surface area contributed by atoms with Crippen molar-refractivity contribution in [2.24, 2.45) is 5.10 Å². The van der Waals surface area contributed by atoms with Gasteiger partial charge in [-0.1, -0.05) is 48.0 Å². The van der Waals surface area contributed by atoms with E-state index < -0.39 is 0 Å². The molecule has 0 N–H and O–H groups in total. The lowest BCUT2D eigenvalue weighted by molar-refractivity contribution is 0.613. The van der Waals surface area contributed by atoms with Gasteiger partial charge in [-0.15, -0.1) is 0 Å². The second kappa shape index (κ2) is 8.87. The number of halogens is 1. The molecule has 0 unspecified atom stereocenters. The van der Waals surface area contributed by atoms with Gasteiger partial charge in [0.25, 0.3) is 5.56 Å². The summed E-state index contributed by atoms with van der Waals surface area (Å²) in [5.74, 6) is 0.781. The second-order valence-electron chi connectivity index (χ2n) is 8.25. The average molecular weight is 491 g/mol. The van der Waals surface area contributed by atoms with Gasteiger partial charge in [-0.25, -0.2) is 4.98 Å². The van der Waals surface area contributed by atoms with Gasteiger partial charge in [-0.05, 0) is 63.1 Å². The molecule has 5 nitrogen and oxygen atoms in total. The third kappa shape index (κ3) is 3.95. The first-order chi connectivity index (χ1) is 15.3. The quantitative estimate of drug-likeness (QED) is 0.309. The third-order valence-electron chi connectivity index (χ3n) is 6.03. The Hall–Kier alpha value is -2.99. The number of fused-ring (bicyclic) bond motifs is 1. The second-order valence-corrected chi connectivity index (χ2v) is 9.17. The van der Waals surface area contributed by atoms with Crippen LogP contribution in [-0.2, 0) is 0 Å². The molecule has 4 rings (SSSR count). The minimum absolute atomic E-state index is 0.104. The van der Waals surface area contributed by atoms with E-state index in [1.807, 2.05) is 24.3 Å². The van der Waals surface area contributed by atoms with E-state index in [2.05, 4.69) is 78.4 Å². The lowest BCUT2D eigenvalue weighted by Gasteiger charge is -2.14. The van der Waals surface area contributed by atoms with Gasteiger partial charge in [0.05, 0.1) is 17.1 Å². The topological polar surface area (TPSA) is 52.2 Å². The van der Waals surface area contributed by atoms with Crippen LogP contribution in [0.2, 0.25) is 0 Å². The van der Waals surface area contributed by atoms with Crippen molar-refractivity contribution in [3.05, 3.63) is 91.7 Å². The molecule has 32 heavy (non-hydrogen) atoms. The SMILES string of the molecule is CC[C@@H](C)c1nc2ccc(Br)cc2c(=O)n1N=Cc1cc(C)n(-c2ccccc2C)c1C. The van der Waals surface area contributed by atoms with E-state index in [4.69, 9.17) is 4.98 Å². The molecule has 0 saturated carbocycles. The number of hydrogen-bond acceptors (Lipinski definition) is 3. The van der Waals surface area contributed by atoms with Crippen LogP contribution in [0.25, 0.3) is 16.6 Å². The molecular weight excluding hydrogens is 464 g/mol. The first-order valence-corrected chi connectivity index (χ1v) is 11.6. The Bertz CT molecular complexity index is 1400. The molecule has 2 aromatic heterocycles. The molecule has 0 aliphatic heterocycles. The molecule has 0 saturated heterocycles. The Morgan fingerprint density at radius 2 is 1.88 bits per heavy atom. The molecule has 0 fully saturated rings. The number of aromatic nitrogens is 3. The molecule has 0 radical (unpaired) electrons. The van der Waals surface area contributed by atoms with E-state index in [9.17, 15) is 4.79 Å². The predicted molar refractivity (Wildman–Crippen MR) is 135 cm³/mol. The maximum absolute atomic E-state index is 13.3. The van der Waals surface area contributed by atoms with Crippen LogP contribution in [-0.4, -0.2) is 20.4 Å². The molecule has 1 atom stereocenters. The van der Waals surface area contributed by atoms with Crippen LogP contribution in [0.15, 0.2) is 62.9 Å². The number of hydrogen-bond donors (Lipinski definition) is 0. The van der Waals surface area contributed by atoms with E-state index in [0.717, 1.165) is 33.5 Å². The number of benzene rings is 2. The zero-order valence-electron chi connectivity index (χ0n) is 19.1. The monoisotopic (exact) mass is 490 g/mol. The Kier molecular flexibility index (Phi) is 6.15. The highest BCUT2D eigenvalue weighted by molar-refractivity contribution is 9.10. The van der Waals surface area contributed by atoms with E-state index >= 15 is 0 Å². The molecule has 164 valence electrons. The predicted octanol–water partition coefficient (Wildman–Crippen LogP) is 6.27. The highest BCUT2D eigenvalue weighted by Crippen LogP contribution is 2.23. The first-order valence-electron chi connectivity index (χ1n) is 10.8. The van der Waals surface area contributed by atoms with Gasteiger partial charge < -0.3 is 4.57 Å². The first kappa shape index (κ1) is 22.2. The fourth-order valence-corrected chi connectivity index (χ4v) is 4.36. The van der Waals surface area contributed by atoms with Crippen LogP contribution in [0.4, 0.5) is 0 Å². The van der Waals surface area contributed by atoms with Gasteiger partial charge in [0, 0.05) is 33.0 Å². The lowest BCUT2D eigenvalue weighted by atomic mass is 10.1. The standard InChI is InChI=1S/C26H27BrN4O/c1-6-16(2)25-29-23-12-11-21(27)14-22(23)26(32)31(25)28-15-20-13-18(4)30(19(20)5)24-10-8-7-9-17(24)3/h7-16H,6H2,1-5H3/t16-/m1/s1. The fourth-order valence-electron chi connectivity index (χ4n) is 4.00. The lowest BCUT2D eigenvalue weighted by Crippen LogP contribution is -2.23. The van der Waals surface area contributed by atoms with Crippen molar-refractivity contribution in [2.75, 3.05) is 0 Å². The Morgan fingerprint density at radius 3 is 2.59 bits per heavy atom. The Morgan fingerprint density at radius 1 is 1.12 bits per heavy atom. The molecule has 0 aliphatic rings. The van der Waals surface area contributed by atoms with Gasteiger partial charge in [-0.2, -0.15) is 9.78 Å². The van der Waals surface area contributed by atoms with Crippen LogP contribution in [0, 0.1) is 20.8 Å². The zero-order chi connectivity index (χ0) is 23.0. The highest BCUT2D eigenvalue weighted by Gasteiger charge is 2.16. The molecular formula is C26H27BrN4O. The van der Waals surface area contributed by atoms with E-state index in [0.29, 0.717) is 16.7 Å². The molecule has 0 amide bonds. The molecule has 2 heterocycles. The van der Waals surface area contributed by atoms with Gasteiger partial charge >= 0.3 is 0 Å². The summed E-state index contributed by atoms with van der Waals surface area (Å²) in [5, 5.41) is 5.19. The number of para-hydroxylation sites is 1. The summed E-state index contributed by atoms with van der Waals surface area (Å²) in [4.78, 5) is 18.1. The van der Waals surface area contributed by atoms with Crippen molar-refractivity contribution in [3.8, 4) is 5.69 Å². The van der Waals surface area contributed by atoms with Gasteiger partial charge in [0.15, 0.2) is 0 Å². The van der Waals surface area contributed by atoms with E-state index in [1.54, 1.807) is 12.3 Å². The summed E-state index contributed by atoms with van der Waals surface area (Å²) in [6.45, 7) is 10.4. The summed E-state index contributed by atoms with van der Waals surface area (Å²) in [7, 11) is 0. The van der Waals surface area contributed by atoms with Crippen LogP contribution in [0.1, 0.15) is 54.5 Å². The minimum atomic E-state index is -0.157. The summed E-state index contributed by atoms with van der Waals surface area (Å²) in [5.41, 5.74) is 6.06. The van der Waals surface area contributed by atoms with E-state index in [1.165, 1.54) is 10.2 Å². The highest BCUT2D eigenvalue weighted by atomic mass is 79.9. The van der Waals surface area contributed by atoms with Crippen LogP contribution < -0.4 is 5.56 Å². The van der Waals surface area contributed by atoms with Gasteiger partial charge in [-0.3, -0.25) is 4.79 Å². The molecule has 0 bridgehead atoms. The largest absolute Gasteiger partial charge is 0.318 e. The van der Waals surface area contributed by atoms with Crippen molar-refractivity contribution in [1.82, 2.24) is 14.2 Å². The summed E-state index contributed by atoms with van der Waals surface area (Å²) >= 11 is 3.46. The fraction of sp³-hybridized carbons (Fsp3) is 0.269. The molecule has 0 spiro atoms. The Balaban J connectivity index is 1.86. The van der Waals surface area contributed by atoms with Crippen molar-refractivity contribution in [1.29, 1.82) is 0 Å². The van der Waals surface area contributed by atoms with Crippen molar-refractivity contribution in [3.63, 3.8) is 0 Å². The number of rotatable bonds is 5. The normalized spacial score (nSPS) is 12.7. The van der Waals surface area contributed by atoms with Crippen molar-refractivity contribution < 1.29 is 0 Å². The third-order valence-corrected chi connectivity index (χ3v) is 6.52. The Labute approximate surface area is 196 Å². The van der Waals surface area contributed by atoms with Gasteiger partial charge in [0.2, 0.25) is 0 Å². The smallest absolute Gasteiger partial charge is 0.282 e. The summed E-state index contributed by atoms with van der Waals surface area (Å²) in [6.07, 6.45) is 2.64. The van der Waals surface area contributed by atoms with Crippen LogP contribution in [0.3, 0.4) is 0 Å². The molecule has 6 heteroatoms. The van der Waals surface area contributed by atoms with Crippen LogP contribution in [0.5, 0.6) is 0 Å². The summed E-state index contributed by atoms with van der Waals surface area (Å²) < 4.78 is 4.53. The van der Waals surface area contributed by atoms with E-state index in [-0.39, 0.29) is 11.5 Å². The van der Waals surface area contributed by atoms with Crippen molar-refractivity contribution in [2.45, 2.75) is 47.0 Å². The molecule has 0 aliphatic carbocycles. The molecule has 2 aromatic carbocycles. The number of aryl methyl sites for hydroxylation is 2. The zero-order valence-corrected chi connectivity index (χ0v) is 20.6. The van der Waals surface area contributed by atoms with Gasteiger partial charge in [0.1, 0.15) is 5.82 Å². The summed E-state index contributed by atoms with van der Waals surface area (Å²) in [6, 6.07) is 16.0. The van der Waals surface area contributed by atoms with Crippen molar-refractivity contribution >= 4 is 33.0 Å². The molecule has 4 aromatic rings. The maximum Gasteiger partial charge on any atom is 0.282 e. The average Bonchev–Trinajstić information content (AvgIpc) is 3.06.